The number of aryl methyl sites for hydroxylation is 1. The molecule has 4 aromatic rings. The first-order chi connectivity index (χ1) is 14.7. The van der Waals surface area contributed by atoms with Crippen molar-refractivity contribution in [1.82, 2.24) is 19.9 Å². The van der Waals surface area contributed by atoms with E-state index in [1.165, 1.54) is 0 Å². The molecule has 0 saturated carbocycles. The van der Waals surface area contributed by atoms with Crippen LogP contribution in [0.4, 0.5) is 5.82 Å². The Kier molecular flexibility index (Phi) is 6.21. The molecular formula is C23H23N5OS. The minimum Gasteiger partial charge on any atom is -0.392 e. The van der Waals surface area contributed by atoms with Gasteiger partial charge in [-0.25, -0.2) is 9.97 Å². The van der Waals surface area contributed by atoms with E-state index >= 15 is 0 Å². The molecule has 1 atom stereocenters. The Labute approximate surface area is 179 Å². The molecule has 7 heteroatoms. The lowest BCUT2D eigenvalue weighted by Crippen LogP contribution is -2.12. The Balaban J connectivity index is 1.57. The van der Waals surface area contributed by atoms with Crippen molar-refractivity contribution in [2.45, 2.75) is 18.8 Å². The third kappa shape index (κ3) is 4.27. The highest BCUT2D eigenvalue weighted by molar-refractivity contribution is 7.98. The van der Waals surface area contributed by atoms with E-state index in [0.717, 1.165) is 44.8 Å². The molecule has 0 spiro atoms. The van der Waals surface area contributed by atoms with E-state index in [-0.39, 0.29) is 11.9 Å². The molecule has 0 aliphatic rings. The zero-order valence-electron chi connectivity index (χ0n) is 16.9. The number of hydrogen-bond donors (Lipinski definition) is 2. The van der Waals surface area contributed by atoms with Crippen LogP contribution in [0.2, 0.25) is 0 Å². The van der Waals surface area contributed by atoms with Gasteiger partial charge >= 0.3 is 0 Å². The van der Waals surface area contributed by atoms with Crippen LogP contribution >= 0.6 is 11.8 Å². The first-order valence-electron chi connectivity index (χ1n) is 9.68. The summed E-state index contributed by atoms with van der Waals surface area (Å²) in [6.45, 7) is 2.65. The highest BCUT2D eigenvalue weighted by Gasteiger charge is 2.16. The molecule has 0 aliphatic carbocycles. The second-order valence-corrected chi connectivity index (χ2v) is 7.99. The van der Waals surface area contributed by atoms with E-state index in [2.05, 4.69) is 37.6 Å². The molecule has 4 rings (SSSR count). The average Bonchev–Trinajstić information content (AvgIpc) is 2.80. The summed E-state index contributed by atoms with van der Waals surface area (Å²) in [6, 6.07) is 13.9. The lowest BCUT2D eigenvalue weighted by molar-refractivity contribution is 0.283. The summed E-state index contributed by atoms with van der Waals surface area (Å²) in [6.07, 6.45) is 7.24. The highest BCUT2D eigenvalue weighted by Crippen LogP contribution is 2.32. The normalized spacial score (nSPS) is 12.1. The molecule has 3 heterocycles. The number of aromatic nitrogens is 4. The van der Waals surface area contributed by atoms with Crippen molar-refractivity contribution in [3.8, 4) is 11.3 Å². The van der Waals surface area contributed by atoms with Crippen molar-refractivity contribution >= 4 is 28.5 Å². The van der Waals surface area contributed by atoms with Crippen molar-refractivity contribution in [1.29, 1.82) is 0 Å². The monoisotopic (exact) mass is 417 g/mol. The van der Waals surface area contributed by atoms with Gasteiger partial charge in [0.15, 0.2) is 0 Å². The first-order valence-corrected chi connectivity index (χ1v) is 11.0. The summed E-state index contributed by atoms with van der Waals surface area (Å²) in [5, 5.41) is 14.3. The Morgan fingerprint density at radius 3 is 2.73 bits per heavy atom. The molecule has 1 aromatic carbocycles. The number of benzene rings is 1. The maximum Gasteiger partial charge on any atom is 0.130 e. The molecule has 1 unspecified atom stereocenters. The van der Waals surface area contributed by atoms with E-state index in [4.69, 9.17) is 0 Å². The fraction of sp³-hybridized carbons (Fsp3) is 0.217. The summed E-state index contributed by atoms with van der Waals surface area (Å²) in [7, 11) is 0. The third-order valence-electron chi connectivity index (χ3n) is 5.04. The number of anilines is 1. The summed E-state index contributed by atoms with van der Waals surface area (Å²) < 4.78 is 0. The fourth-order valence-corrected chi connectivity index (χ4v) is 4.10. The Morgan fingerprint density at radius 2 is 1.97 bits per heavy atom. The van der Waals surface area contributed by atoms with E-state index in [1.54, 1.807) is 24.3 Å². The zero-order chi connectivity index (χ0) is 20.9. The van der Waals surface area contributed by atoms with E-state index in [9.17, 15) is 5.11 Å². The Morgan fingerprint density at radius 1 is 1.07 bits per heavy atom. The van der Waals surface area contributed by atoms with Crippen molar-refractivity contribution in [2.75, 3.05) is 18.1 Å². The molecular weight excluding hydrogens is 394 g/mol. The molecule has 3 aromatic heterocycles. The number of pyridine rings is 2. The van der Waals surface area contributed by atoms with Crippen LogP contribution < -0.4 is 5.32 Å². The van der Waals surface area contributed by atoms with Gasteiger partial charge in [-0.2, -0.15) is 11.8 Å². The number of aliphatic hydroxyl groups excluding tert-OH is 1. The van der Waals surface area contributed by atoms with Gasteiger partial charge in [0.2, 0.25) is 0 Å². The number of nitrogens with zero attached hydrogens (tertiary/aromatic N) is 4. The minimum atomic E-state index is 0.00222. The molecule has 152 valence electrons. The van der Waals surface area contributed by atoms with Gasteiger partial charge < -0.3 is 10.4 Å². The van der Waals surface area contributed by atoms with Gasteiger partial charge in [0, 0.05) is 46.9 Å². The lowest BCUT2D eigenvalue weighted by atomic mass is 10.0. The number of hydrogen-bond acceptors (Lipinski definition) is 7. The molecule has 6 nitrogen and oxygen atoms in total. The van der Waals surface area contributed by atoms with Crippen LogP contribution in [0, 0.1) is 6.92 Å². The maximum absolute atomic E-state index is 9.65. The number of para-hydroxylation sites is 1. The smallest absolute Gasteiger partial charge is 0.130 e. The predicted molar refractivity (Wildman–Crippen MR) is 122 cm³/mol. The third-order valence-corrected chi connectivity index (χ3v) is 6.03. The summed E-state index contributed by atoms with van der Waals surface area (Å²) in [4.78, 5) is 17.7. The van der Waals surface area contributed by atoms with Crippen LogP contribution in [0.3, 0.4) is 0 Å². The van der Waals surface area contributed by atoms with Crippen molar-refractivity contribution in [3.05, 3.63) is 78.0 Å². The Bertz CT molecular complexity index is 1150. The minimum absolute atomic E-state index is 0.00222. The second-order valence-electron chi connectivity index (χ2n) is 6.95. The van der Waals surface area contributed by atoms with Crippen molar-refractivity contribution < 1.29 is 5.11 Å². The predicted octanol–water partition coefficient (Wildman–Crippen LogP) is 4.40. The van der Waals surface area contributed by atoms with Gasteiger partial charge in [-0.05, 0) is 42.5 Å². The lowest BCUT2D eigenvalue weighted by Gasteiger charge is -2.18. The zero-order valence-corrected chi connectivity index (χ0v) is 17.7. The molecule has 30 heavy (non-hydrogen) atoms. The van der Waals surface area contributed by atoms with Gasteiger partial charge in [-0.15, -0.1) is 0 Å². The van der Waals surface area contributed by atoms with Crippen LogP contribution in [0.25, 0.3) is 22.2 Å². The molecule has 0 bridgehead atoms. The van der Waals surface area contributed by atoms with Gasteiger partial charge in [0.1, 0.15) is 12.1 Å². The molecule has 0 aliphatic heterocycles. The maximum atomic E-state index is 9.65. The molecule has 0 saturated heterocycles. The molecule has 0 fully saturated rings. The summed E-state index contributed by atoms with van der Waals surface area (Å²) >= 11 is 1.75. The summed E-state index contributed by atoms with van der Waals surface area (Å²) in [5.74, 6) is 0.767. The van der Waals surface area contributed by atoms with Crippen molar-refractivity contribution in [3.63, 3.8) is 0 Å². The Hall–Kier alpha value is -3.03. The molecule has 0 amide bonds. The average molecular weight is 418 g/mol. The standard InChI is InChI=1S/C23H23N5OS/c1-15-6-7-16(11-25-15)20-10-22(28-14-27-20)26-12-21(30-2)19-5-3-4-18-17(13-29)8-9-24-23(18)19/h3-11,14,21,29H,12-13H2,1-2H3,(H,26,27,28). The largest absolute Gasteiger partial charge is 0.392 e. The van der Waals surface area contributed by atoms with E-state index in [0.29, 0.717) is 6.54 Å². The second kappa shape index (κ2) is 9.19. The number of thioether (sulfide) groups is 1. The number of fused-ring (bicyclic) bond motifs is 1. The van der Waals surface area contributed by atoms with Gasteiger partial charge in [0.05, 0.1) is 17.8 Å². The first kappa shape index (κ1) is 20.3. The number of nitrogens with one attached hydrogen (secondary N) is 1. The van der Waals surface area contributed by atoms with Crippen LogP contribution in [-0.2, 0) is 6.61 Å². The van der Waals surface area contributed by atoms with Crippen LogP contribution in [0.1, 0.15) is 22.1 Å². The molecule has 2 N–H and O–H groups in total. The quantitative estimate of drug-likeness (QED) is 0.461. The number of rotatable bonds is 7. The fourth-order valence-electron chi connectivity index (χ4n) is 3.40. The van der Waals surface area contributed by atoms with Gasteiger partial charge in [0.25, 0.3) is 0 Å². The topological polar surface area (TPSA) is 83.8 Å². The van der Waals surface area contributed by atoms with E-state index < -0.39 is 0 Å². The molecule has 0 radical (unpaired) electrons. The van der Waals surface area contributed by atoms with Gasteiger partial charge in [-0.1, -0.05) is 18.2 Å². The van der Waals surface area contributed by atoms with Gasteiger partial charge in [-0.3, -0.25) is 9.97 Å². The van der Waals surface area contributed by atoms with E-state index in [1.807, 2.05) is 49.5 Å². The van der Waals surface area contributed by atoms with Crippen LogP contribution in [0.15, 0.2) is 61.2 Å². The van der Waals surface area contributed by atoms with Crippen LogP contribution in [-0.4, -0.2) is 37.8 Å². The SMILES string of the molecule is CSC(CNc1cc(-c2ccc(C)nc2)ncn1)c1cccc2c(CO)ccnc12. The van der Waals surface area contributed by atoms with Crippen LogP contribution in [0.5, 0.6) is 0 Å². The van der Waals surface area contributed by atoms with Crippen molar-refractivity contribution in [2.24, 2.45) is 0 Å². The summed E-state index contributed by atoms with van der Waals surface area (Å²) in [5.41, 5.74) is 5.73. The highest BCUT2D eigenvalue weighted by atomic mass is 32.2. The number of aliphatic hydroxyl groups is 1.